The summed E-state index contributed by atoms with van der Waals surface area (Å²) in [5.41, 5.74) is 2.19. The summed E-state index contributed by atoms with van der Waals surface area (Å²) in [4.78, 5) is 28.9. The molecule has 0 radical (unpaired) electrons. The minimum absolute atomic E-state index is 0.0291. The number of nitro benzene ring substituents is 1. The van der Waals surface area contributed by atoms with E-state index in [4.69, 9.17) is 0 Å². The zero-order valence-corrected chi connectivity index (χ0v) is 13.0. The van der Waals surface area contributed by atoms with E-state index in [9.17, 15) is 14.9 Å². The van der Waals surface area contributed by atoms with Crippen LogP contribution in [0.4, 0.5) is 5.69 Å². The summed E-state index contributed by atoms with van der Waals surface area (Å²) in [5, 5.41) is 10.6. The fourth-order valence-electron chi connectivity index (χ4n) is 1.98. The van der Waals surface area contributed by atoms with E-state index in [1.165, 1.54) is 24.3 Å². The van der Waals surface area contributed by atoms with Gasteiger partial charge in [-0.05, 0) is 0 Å². The summed E-state index contributed by atoms with van der Waals surface area (Å²) in [6.45, 7) is 0. The number of non-ortho nitro benzene ring substituents is 1. The first kappa shape index (κ1) is 14.4. The van der Waals surface area contributed by atoms with E-state index < -0.39 is 4.92 Å². The maximum absolute atomic E-state index is 12.4. The molecule has 0 saturated carbocycles. The van der Waals surface area contributed by atoms with Gasteiger partial charge in [-0.1, -0.05) is 0 Å². The van der Waals surface area contributed by atoms with E-state index in [1.807, 2.05) is 35.3 Å². The van der Waals surface area contributed by atoms with Crippen molar-refractivity contribution in [3.63, 3.8) is 0 Å². The summed E-state index contributed by atoms with van der Waals surface area (Å²) in [7, 11) is 0. The summed E-state index contributed by atoms with van der Waals surface area (Å²) < 4.78 is 0.514. The van der Waals surface area contributed by atoms with Crippen LogP contribution in [0.25, 0.3) is 11.3 Å². The molecule has 22 heavy (non-hydrogen) atoms. The van der Waals surface area contributed by atoms with Crippen LogP contribution in [0.15, 0.2) is 59.5 Å². The molecule has 0 spiro atoms. The Morgan fingerprint density at radius 2 is 1.73 bits per heavy atom. The molecule has 3 rings (SSSR count). The van der Waals surface area contributed by atoms with Crippen LogP contribution >= 0.6 is 0 Å². The van der Waals surface area contributed by atoms with Crippen molar-refractivity contribution < 1.29 is 9.72 Å². The second-order valence-corrected chi connectivity index (χ2v) is 6.34. The molecular formula is C16H10N2O3Se. The quantitative estimate of drug-likeness (QED) is 0.311. The van der Waals surface area contributed by atoms with Crippen LogP contribution in [-0.2, 0) is 0 Å². The van der Waals surface area contributed by atoms with Crippen LogP contribution in [0, 0.1) is 10.1 Å². The van der Waals surface area contributed by atoms with Crippen molar-refractivity contribution in [3.8, 4) is 11.3 Å². The van der Waals surface area contributed by atoms with Gasteiger partial charge in [-0.2, -0.15) is 0 Å². The van der Waals surface area contributed by atoms with Crippen LogP contribution in [0.1, 0.15) is 14.9 Å². The van der Waals surface area contributed by atoms with Gasteiger partial charge in [-0.25, -0.2) is 0 Å². The number of ketones is 1. The van der Waals surface area contributed by atoms with Gasteiger partial charge in [0.25, 0.3) is 0 Å². The van der Waals surface area contributed by atoms with Gasteiger partial charge < -0.3 is 0 Å². The van der Waals surface area contributed by atoms with Crippen LogP contribution in [0.3, 0.4) is 0 Å². The number of nitrogens with zero attached hydrogens (tertiary/aromatic N) is 2. The predicted molar refractivity (Wildman–Crippen MR) is 83.1 cm³/mol. The monoisotopic (exact) mass is 358 g/mol. The molecule has 108 valence electrons. The summed E-state index contributed by atoms with van der Waals surface area (Å²) in [5.74, 6) is -0.169. The molecule has 3 aromatic rings. The van der Waals surface area contributed by atoms with Crippen molar-refractivity contribution in [2.45, 2.75) is 0 Å². The number of rotatable bonds is 4. The SMILES string of the molecule is O=C(c1ccc([N+](=O)[O-])cc1)c1nc(-c2ccccc2)c[se]1. The molecule has 0 unspecified atom stereocenters. The van der Waals surface area contributed by atoms with Crippen molar-refractivity contribution >= 4 is 26.0 Å². The number of aromatic nitrogens is 1. The molecule has 2 aromatic carbocycles. The van der Waals surface area contributed by atoms with Crippen LogP contribution in [0.5, 0.6) is 0 Å². The summed E-state index contributed by atoms with van der Waals surface area (Å²) >= 11 is -0.121. The van der Waals surface area contributed by atoms with Gasteiger partial charge in [0.15, 0.2) is 0 Å². The van der Waals surface area contributed by atoms with Gasteiger partial charge in [0, 0.05) is 0 Å². The van der Waals surface area contributed by atoms with Crippen molar-refractivity contribution in [3.05, 3.63) is 79.8 Å². The van der Waals surface area contributed by atoms with E-state index >= 15 is 0 Å². The third-order valence-corrected chi connectivity index (χ3v) is 4.87. The molecule has 6 heteroatoms. The average molecular weight is 357 g/mol. The average Bonchev–Trinajstić information content (AvgIpc) is 3.05. The third kappa shape index (κ3) is 2.88. The van der Waals surface area contributed by atoms with E-state index in [-0.39, 0.29) is 26.0 Å². The van der Waals surface area contributed by atoms with Crippen molar-refractivity contribution in [1.29, 1.82) is 0 Å². The first-order valence-electron chi connectivity index (χ1n) is 6.45. The molecule has 0 amide bonds. The molecule has 0 aliphatic rings. The minimum atomic E-state index is -0.486. The molecule has 1 aromatic heterocycles. The number of hydrogen-bond donors (Lipinski definition) is 0. The first-order valence-corrected chi connectivity index (χ1v) is 8.30. The molecular weight excluding hydrogens is 347 g/mol. The maximum atomic E-state index is 12.4. The Morgan fingerprint density at radius 1 is 1.05 bits per heavy atom. The number of hydrogen-bond acceptors (Lipinski definition) is 4. The molecule has 1 heterocycles. The number of benzene rings is 2. The number of carbonyl (C=O) groups is 1. The summed E-state index contributed by atoms with van der Waals surface area (Å²) in [6, 6.07) is 15.3. The van der Waals surface area contributed by atoms with Gasteiger partial charge in [-0.15, -0.1) is 0 Å². The Hall–Kier alpha value is -2.56. The van der Waals surface area contributed by atoms with Crippen molar-refractivity contribution in [2.24, 2.45) is 0 Å². The zero-order valence-electron chi connectivity index (χ0n) is 11.3. The molecule has 0 atom stereocenters. The van der Waals surface area contributed by atoms with Gasteiger partial charge >= 0.3 is 132 Å². The van der Waals surface area contributed by atoms with Gasteiger partial charge in [0.05, 0.1) is 0 Å². The topological polar surface area (TPSA) is 73.1 Å². The molecule has 0 aliphatic heterocycles. The molecule has 0 aliphatic carbocycles. The van der Waals surface area contributed by atoms with E-state index in [0.717, 1.165) is 11.3 Å². The first-order chi connectivity index (χ1) is 10.6. The second kappa shape index (κ2) is 6.05. The van der Waals surface area contributed by atoms with E-state index in [2.05, 4.69) is 4.98 Å². The Balaban J connectivity index is 1.87. The second-order valence-electron chi connectivity index (χ2n) is 4.54. The van der Waals surface area contributed by atoms with Crippen molar-refractivity contribution in [2.75, 3.05) is 0 Å². The van der Waals surface area contributed by atoms with Crippen LogP contribution < -0.4 is 0 Å². The van der Waals surface area contributed by atoms with Gasteiger partial charge in [0.1, 0.15) is 0 Å². The van der Waals surface area contributed by atoms with Gasteiger partial charge in [-0.3, -0.25) is 0 Å². The molecule has 5 nitrogen and oxygen atoms in total. The zero-order chi connectivity index (χ0) is 15.5. The number of carbonyl (C=O) groups excluding carboxylic acids is 1. The predicted octanol–water partition coefficient (Wildman–Crippen LogP) is 2.94. The van der Waals surface area contributed by atoms with Crippen LogP contribution in [-0.4, -0.2) is 30.2 Å². The van der Waals surface area contributed by atoms with Crippen LogP contribution in [0.2, 0.25) is 0 Å². The Morgan fingerprint density at radius 3 is 2.36 bits per heavy atom. The third-order valence-electron chi connectivity index (χ3n) is 3.11. The standard InChI is InChI=1S/C16H10N2O3Se/c19-15(12-6-8-13(9-7-12)18(20)21)16-17-14(10-22-16)11-4-2-1-3-5-11/h1-10H. The summed E-state index contributed by atoms with van der Waals surface area (Å²) in [6.07, 6.45) is 0. The molecule has 0 bridgehead atoms. The van der Waals surface area contributed by atoms with E-state index in [0.29, 0.717) is 10.1 Å². The normalized spacial score (nSPS) is 10.4. The fraction of sp³-hybridized carbons (Fsp3) is 0. The Kier molecular flexibility index (Phi) is 3.96. The molecule has 0 fully saturated rings. The Bertz CT molecular complexity index is 826. The van der Waals surface area contributed by atoms with Crippen molar-refractivity contribution in [1.82, 2.24) is 4.98 Å². The molecule has 0 saturated heterocycles. The van der Waals surface area contributed by atoms with Gasteiger partial charge in [0.2, 0.25) is 0 Å². The Labute approximate surface area is 132 Å². The van der Waals surface area contributed by atoms with E-state index in [1.54, 1.807) is 0 Å². The molecule has 0 N–H and O–H groups in total. The number of nitro groups is 1. The fourth-order valence-corrected chi connectivity index (χ4v) is 3.63.